The maximum atomic E-state index is 4.53. The Morgan fingerprint density at radius 3 is 2.67 bits per heavy atom. The summed E-state index contributed by atoms with van der Waals surface area (Å²) < 4.78 is 0. The minimum Gasteiger partial charge on any atom is -0.380 e. The second kappa shape index (κ2) is 1.74. The fraction of sp³-hybridized carbons (Fsp3) is 1.00. The van der Waals surface area contributed by atoms with Gasteiger partial charge in [-0.2, -0.15) is 5.11 Å². The first-order valence-corrected chi connectivity index (χ1v) is 1.99. The minimum absolute atomic E-state index is 0.740. The number of nitrogens with zero attached hydrogens (tertiary/aromatic N) is 2. The van der Waals surface area contributed by atoms with Gasteiger partial charge in [0.15, 0.2) is 0 Å². The van der Waals surface area contributed by atoms with E-state index in [1.807, 2.05) is 0 Å². The zero-order chi connectivity index (χ0) is 4.24. The molecule has 34 valence electrons. The number of rotatable bonds is 0. The second-order valence-electron chi connectivity index (χ2n) is 1.13. The van der Waals surface area contributed by atoms with Crippen molar-refractivity contribution in [2.45, 2.75) is 6.42 Å². The number of hydrogen-bond donors (Lipinski definition) is 0. The topological polar surface area (TPSA) is 34.0 Å². The van der Waals surface area contributed by atoms with E-state index in [1.165, 1.54) is 0 Å². The van der Waals surface area contributed by atoms with Gasteiger partial charge in [0.2, 0.25) is 0 Å². The summed E-state index contributed by atoms with van der Waals surface area (Å²) in [6.45, 7) is 1.57. The van der Waals surface area contributed by atoms with Crippen molar-refractivity contribution in [2.24, 2.45) is 10.4 Å². The molecule has 0 atom stereocenters. The predicted molar refractivity (Wildman–Crippen MR) is 20.3 cm³/mol. The van der Waals surface area contributed by atoms with Crippen LogP contribution in [0.25, 0.3) is 0 Å². The molecule has 1 rings (SSSR count). The third-order valence-corrected chi connectivity index (χ3v) is 0.609. The molecule has 1 heterocycles. The van der Waals surface area contributed by atoms with Crippen LogP contribution in [0.2, 0.25) is 0 Å². The Morgan fingerprint density at radius 1 is 1.50 bits per heavy atom. The van der Waals surface area contributed by atoms with Crippen LogP contribution in [0.5, 0.6) is 0 Å². The second-order valence-corrected chi connectivity index (χ2v) is 1.13. The molecule has 1 aliphatic heterocycles. The van der Waals surface area contributed by atoms with E-state index < -0.39 is 0 Å². The zero-order valence-corrected chi connectivity index (χ0v) is 3.42. The summed E-state index contributed by atoms with van der Waals surface area (Å²) in [5, 5.41) is 6.88. The normalized spacial score (nSPS) is 20.0. The van der Waals surface area contributed by atoms with Gasteiger partial charge in [-0.15, -0.1) is 0 Å². The standard InChI is InChI=1S/C3H6N2O/c1-2-4-5-6-3-1/h1-3H2. The van der Waals surface area contributed by atoms with Gasteiger partial charge in [0.05, 0.1) is 6.54 Å². The van der Waals surface area contributed by atoms with Crippen LogP contribution in [-0.4, -0.2) is 13.2 Å². The summed E-state index contributed by atoms with van der Waals surface area (Å²) in [5.74, 6) is 0. The van der Waals surface area contributed by atoms with Crippen LogP contribution in [-0.2, 0) is 4.84 Å². The fourth-order valence-electron chi connectivity index (χ4n) is 0.322. The smallest absolute Gasteiger partial charge is 0.120 e. The van der Waals surface area contributed by atoms with E-state index in [0.717, 1.165) is 19.6 Å². The van der Waals surface area contributed by atoms with Gasteiger partial charge in [-0.25, -0.2) is 0 Å². The lowest BCUT2D eigenvalue weighted by molar-refractivity contribution is 0.101. The molecule has 6 heavy (non-hydrogen) atoms. The molecule has 0 bridgehead atoms. The van der Waals surface area contributed by atoms with E-state index >= 15 is 0 Å². The summed E-state index contributed by atoms with van der Waals surface area (Å²) in [6.07, 6.45) is 1.02. The summed E-state index contributed by atoms with van der Waals surface area (Å²) in [5.41, 5.74) is 0. The molecule has 3 nitrogen and oxygen atoms in total. The van der Waals surface area contributed by atoms with Crippen molar-refractivity contribution in [3.05, 3.63) is 0 Å². The highest BCUT2D eigenvalue weighted by atomic mass is 16.6. The molecule has 0 aromatic heterocycles. The monoisotopic (exact) mass is 86.0 g/mol. The highest BCUT2D eigenvalue weighted by Gasteiger charge is 1.89. The van der Waals surface area contributed by atoms with Gasteiger partial charge >= 0.3 is 0 Å². The molecule has 1 aliphatic rings. The van der Waals surface area contributed by atoms with Crippen LogP contribution in [0.4, 0.5) is 0 Å². The molecule has 0 spiro atoms. The zero-order valence-electron chi connectivity index (χ0n) is 3.42. The Labute approximate surface area is 36.0 Å². The third-order valence-electron chi connectivity index (χ3n) is 0.609. The molecule has 0 radical (unpaired) electrons. The van der Waals surface area contributed by atoms with Crippen LogP contribution in [0.15, 0.2) is 10.4 Å². The first kappa shape index (κ1) is 3.59. The van der Waals surface area contributed by atoms with Gasteiger partial charge in [0, 0.05) is 11.7 Å². The molecule has 0 aliphatic carbocycles. The molecule has 0 aromatic rings. The van der Waals surface area contributed by atoms with Crippen molar-refractivity contribution in [3.63, 3.8) is 0 Å². The SMILES string of the molecule is C1CN=NOC1. The average molecular weight is 86.1 g/mol. The van der Waals surface area contributed by atoms with Crippen molar-refractivity contribution in [1.82, 2.24) is 0 Å². The summed E-state index contributed by atoms with van der Waals surface area (Å²) in [7, 11) is 0. The highest BCUT2D eigenvalue weighted by Crippen LogP contribution is 1.92. The average Bonchev–Trinajstić information content (AvgIpc) is 1.72. The van der Waals surface area contributed by atoms with Crippen LogP contribution in [0, 0.1) is 0 Å². The largest absolute Gasteiger partial charge is 0.380 e. The molecule has 3 heteroatoms. The summed E-state index contributed by atoms with van der Waals surface area (Å²) >= 11 is 0. The number of hydrogen-bond acceptors (Lipinski definition) is 3. The van der Waals surface area contributed by atoms with E-state index in [9.17, 15) is 0 Å². The van der Waals surface area contributed by atoms with E-state index in [2.05, 4.69) is 15.2 Å². The van der Waals surface area contributed by atoms with Crippen LogP contribution in [0.1, 0.15) is 6.42 Å². The predicted octanol–water partition coefficient (Wildman–Crippen LogP) is 0.774. The van der Waals surface area contributed by atoms with Crippen molar-refractivity contribution in [1.29, 1.82) is 0 Å². The minimum atomic E-state index is 0.740. The Bertz CT molecular complexity index is 53.8. The van der Waals surface area contributed by atoms with Crippen LogP contribution < -0.4 is 0 Å². The Balaban J connectivity index is 2.26. The van der Waals surface area contributed by atoms with Gasteiger partial charge in [-0.1, -0.05) is 0 Å². The van der Waals surface area contributed by atoms with Gasteiger partial charge in [-0.05, 0) is 0 Å². The molecular weight excluding hydrogens is 80.0 g/mol. The Morgan fingerprint density at radius 2 is 2.50 bits per heavy atom. The van der Waals surface area contributed by atoms with Crippen molar-refractivity contribution in [2.75, 3.05) is 13.2 Å². The molecule has 0 N–H and O–H groups in total. The molecular formula is C3H6N2O. The lowest BCUT2D eigenvalue weighted by Gasteiger charge is -1.98. The molecule has 0 unspecified atom stereocenters. The van der Waals surface area contributed by atoms with Crippen molar-refractivity contribution < 1.29 is 4.84 Å². The van der Waals surface area contributed by atoms with Gasteiger partial charge in [0.25, 0.3) is 0 Å². The van der Waals surface area contributed by atoms with E-state index in [0.29, 0.717) is 0 Å². The Hall–Kier alpha value is -0.600. The molecule has 0 saturated carbocycles. The van der Waals surface area contributed by atoms with Crippen molar-refractivity contribution in [3.8, 4) is 0 Å². The lowest BCUT2D eigenvalue weighted by atomic mass is 10.5. The van der Waals surface area contributed by atoms with Crippen LogP contribution >= 0.6 is 0 Å². The fourth-order valence-corrected chi connectivity index (χ4v) is 0.322. The third kappa shape index (κ3) is 0.672. The first-order valence-electron chi connectivity index (χ1n) is 1.99. The summed E-state index contributed by atoms with van der Waals surface area (Å²) in [6, 6.07) is 0. The van der Waals surface area contributed by atoms with Crippen molar-refractivity contribution >= 4 is 0 Å². The highest BCUT2D eigenvalue weighted by molar-refractivity contribution is 4.39. The Kier molecular flexibility index (Phi) is 1.04. The van der Waals surface area contributed by atoms with E-state index in [4.69, 9.17) is 0 Å². The van der Waals surface area contributed by atoms with Gasteiger partial charge < -0.3 is 4.84 Å². The maximum absolute atomic E-state index is 4.53. The molecule has 0 saturated heterocycles. The van der Waals surface area contributed by atoms with Gasteiger partial charge in [-0.3, -0.25) is 0 Å². The molecule has 0 aromatic carbocycles. The molecule has 0 fully saturated rings. The molecule has 0 amide bonds. The van der Waals surface area contributed by atoms with E-state index in [1.54, 1.807) is 0 Å². The van der Waals surface area contributed by atoms with E-state index in [-0.39, 0.29) is 0 Å². The quantitative estimate of drug-likeness (QED) is 0.428. The summed E-state index contributed by atoms with van der Waals surface area (Å²) in [4.78, 5) is 4.53. The van der Waals surface area contributed by atoms with Gasteiger partial charge in [0.1, 0.15) is 6.61 Å². The van der Waals surface area contributed by atoms with Crippen LogP contribution in [0.3, 0.4) is 0 Å². The lowest BCUT2D eigenvalue weighted by Crippen LogP contribution is -1.94. The maximum Gasteiger partial charge on any atom is 0.120 e. The first-order chi connectivity index (χ1) is 3.00.